The Balaban J connectivity index is 2.02. The van der Waals surface area contributed by atoms with E-state index >= 15 is 0 Å². The van der Waals surface area contributed by atoms with Gasteiger partial charge in [0.15, 0.2) is 0 Å². The predicted octanol–water partition coefficient (Wildman–Crippen LogP) is 4.92. The molecule has 0 aliphatic rings. The van der Waals surface area contributed by atoms with Crippen LogP contribution >= 0.6 is 0 Å². The van der Waals surface area contributed by atoms with Gasteiger partial charge in [0, 0.05) is 12.6 Å². The summed E-state index contributed by atoms with van der Waals surface area (Å²) in [5.74, 6) is -1.03. The maximum Gasteiger partial charge on any atom is 0.343 e. The second-order valence-corrected chi connectivity index (χ2v) is 6.20. The third kappa shape index (κ3) is 6.92. The van der Waals surface area contributed by atoms with Crippen molar-refractivity contribution >= 4 is 23.8 Å². The largest absolute Gasteiger partial charge is 0.511 e. The average molecular weight is 395 g/mol. The van der Waals surface area contributed by atoms with Crippen molar-refractivity contribution in [2.75, 3.05) is 6.61 Å². The van der Waals surface area contributed by atoms with Crippen molar-refractivity contribution in [1.82, 2.24) is 0 Å². The van der Waals surface area contributed by atoms with E-state index in [2.05, 4.69) is 4.99 Å². The number of carbonyl (C=O) groups is 2. The number of hydrogen-bond donors (Lipinski definition) is 1. The summed E-state index contributed by atoms with van der Waals surface area (Å²) in [6, 6.07) is 15.8. The minimum absolute atomic E-state index is 0.0425. The van der Waals surface area contributed by atoms with Gasteiger partial charge in [0.25, 0.3) is 0 Å². The van der Waals surface area contributed by atoms with Gasteiger partial charge in [-0.1, -0.05) is 37.3 Å². The third-order valence-electron chi connectivity index (χ3n) is 3.95. The highest BCUT2D eigenvalue weighted by molar-refractivity contribution is 6.10. The summed E-state index contributed by atoms with van der Waals surface area (Å²) in [5.41, 5.74) is 1.95. The van der Waals surface area contributed by atoms with Crippen LogP contribution in [0.2, 0.25) is 0 Å². The van der Waals surface area contributed by atoms with Gasteiger partial charge in [-0.15, -0.1) is 0 Å². The van der Waals surface area contributed by atoms with Crippen LogP contribution in [0.15, 0.2) is 70.9 Å². The molecule has 0 unspecified atom stereocenters. The van der Waals surface area contributed by atoms with Crippen molar-refractivity contribution in [3.05, 3.63) is 77.1 Å². The minimum atomic E-state index is -0.605. The van der Waals surface area contributed by atoms with Crippen molar-refractivity contribution in [1.29, 1.82) is 0 Å². The summed E-state index contributed by atoms with van der Waals surface area (Å²) in [6.45, 7) is 3.96. The molecule has 0 amide bonds. The highest BCUT2D eigenvalue weighted by Crippen LogP contribution is 2.16. The van der Waals surface area contributed by atoms with Crippen LogP contribution in [-0.4, -0.2) is 29.9 Å². The Morgan fingerprint density at radius 3 is 2.31 bits per heavy atom. The second-order valence-electron chi connectivity index (χ2n) is 6.20. The van der Waals surface area contributed by atoms with Crippen molar-refractivity contribution < 1.29 is 24.2 Å². The number of benzene rings is 2. The fraction of sp³-hybridized carbons (Fsp3) is 0.261. The maximum absolute atomic E-state index is 12.0. The molecule has 0 saturated heterocycles. The number of aliphatic imine (C=N–C) groups is 1. The number of aliphatic hydroxyl groups is 1. The highest BCUT2D eigenvalue weighted by atomic mass is 16.5. The molecule has 0 saturated carbocycles. The fourth-order valence-corrected chi connectivity index (χ4v) is 2.45. The number of carbonyl (C=O) groups excluding carboxylic acids is 2. The Bertz CT molecular complexity index is 870. The standard InChI is InChI=1S/C23H25NO5/c1-3-8-21(25)20(23(27)28-4-2)15-24-19-13-11-17(12-14-19)16-29-22(26)18-9-6-5-7-10-18/h5-7,9-15,25H,3-4,8,16H2,1-2H3/b21-20+,24-15?. The monoisotopic (exact) mass is 395 g/mol. The normalized spacial score (nSPS) is 11.8. The van der Waals surface area contributed by atoms with Gasteiger partial charge in [0.1, 0.15) is 17.9 Å². The Morgan fingerprint density at radius 2 is 1.69 bits per heavy atom. The molecule has 29 heavy (non-hydrogen) atoms. The topological polar surface area (TPSA) is 85.2 Å². The molecule has 0 aliphatic carbocycles. The van der Waals surface area contributed by atoms with Crippen LogP contribution in [0.4, 0.5) is 5.69 Å². The highest BCUT2D eigenvalue weighted by Gasteiger charge is 2.14. The molecular weight excluding hydrogens is 370 g/mol. The number of allylic oxidation sites excluding steroid dienone is 1. The number of aliphatic hydroxyl groups excluding tert-OH is 1. The summed E-state index contributed by atoms with van der Waals surface area (Å²) in [4.78, 5) is 28.2. The molecule has 2 rings (SSSR count). The molecule has 0 aliphatic heterocycles. The molecule has 0 fully saturated rings. The van der Waals surface area contributed by atoms with Crippen molar-refractivity contribution in [2.24, 2.45) is 4.99 Å². The lowest BCUT2D eigenvalue weighted by Crippen LogP contribution is -2.11. The second kappa shape index (κ2) is 11.4. The Kier molecular flexibility index (Phi) is 8.63. The van der Waals surface area contributed by atoms with Crippen LogP contribution in [0.5, 0.6) is 0 Å². The maximum atomic E-state index is 12.0. The lowest BCUT2D eigenvalue weighted by atomic mass is 10.1. The van der Waals surface area contributed by atoms with Gasteiger partial charge in [-0.3, -0.25) is 4.99 Å². The molecule has 1 N–H and O–H groups in total. The molecule has 2 aromatic carbocycles. The van der Waals surface area contributed by atoms with Gasteiger partial charge in [-0.05, 0) is 43.2 Å². The van der Waals surface area contributed by atoms with E-state index in [-0.39, 0.29) is 30.5 Å². The van der Waals surface area contributed by atoms with E-state index in [1.54, 1.807) is 55.5 Å². The molecule has 0 radical (unpaired) electrons. The van der Waals surface area contributed by atoms with E-state index in [9.17, 15) is 14.7 Å². The molecule has 0 aromatic heterocycles. The van der Waals surface area contributed by atoms with E-state index in [4.69, 9.17) is 9.47 Å². The number of rotatable bonds is 9. The van der Waals surface area contributed by atoms with Crippen LogP contribution in [0.3, 0.4) is 0 Å². The molecule has 0 heterocycles. The summed E-state index contributed by atoms with van der Waals surface area (Å²) < 4.78 is 10.3. The summed E-state index contributed by atoms with van der Waals surface area (Å²) in [7, 11) is 0. The molecule has 0 bridgehead atoms. The van der Waals surface area contributed by atoms with Crippen molar-refractivity contribution in [3.8, 4) is 0 Å². The number of ether oxygens (including phenoxy) is 2. The van der Waals surface area contributed by atoms with Crippen LogP contribution in [0, 0.1) is 0 Å². The number of hydrogen-bond acceptors (Lipinski definition) is 6. The van der Waals surface area contributed by atoms with Gasteiger partial charge < -0.3 is 14.6 Å². The SMILES string of the molecule is CCC/C(O)=C(/C=Nc1ccc(COC(=O)c2ccccc2)cc1)C(=O)OCC. The lowest BCUT2D eigenvalue weighted by molar-refractivity contribution is -0.138. The summed E-state index contributed by atoms with van der Waals surface area (Å²) in [5, 5.41) is 10.1. The van der Waals surface area contributed by atoms with Gasteiger partial charge in [0.2, 0.25) is 0 Å². The zero-order valence-corrected chi connectivity index (χ0v) is 16.6. The van der Waals surface area contributed by atoms with E-state index in [0.29, 0.717) is 24.1 Å². The molecule has 6 heteroatoms. The zero-order chi connectivity index (χ0) is 21.1. The first-order chi connectivity index (χ1) is 14.0. The fourth-order valence-electron chi connectivity index (χ4n) is 2.45. The van der Waals surface area contributed by atoms with Crippen LogP contribution in [0.25, 0.3) is 0 Å². The smallest absolute Gasteiger partial charge is 0.343 e. The predicted molar refractivity (Wildman–Crippen MR) is 111 cm³/mol. The first-order valence-corrected chi connectivity index (χ1v) is 9.49. The third-order valence-corrected chi connectivity index (χ3v) is 3.95. The lowest BCUT2D eigenvalue weighted by Gasteiger charge is -2.06. The Labute approximate surface area is 170 Å². The van der Waals surface area contributed by atoms with E-state index in [0.717, 1.165) is 5.56 Å². The first-order valence-electron chi connectivity index (χ1n) is 9.49. The molecular formula is C23H25NO5. The van der Waals surface area contributed by atoms with Crippen LogP contribution in [0.1, 0.15) is 42.6 Å². The van der Waals surface area contributed by atoms with Crippen LogP contribution in [-0.2, 0) is 20.9 Å². The molecule has 6 nitrogen and oxygen atoms in total. The van der Waals surface area contributed by atoms with Gasteiger partial charge in [-0.2, -0.15) is 0 Å². The van der Waals surface area contributed by atoms with Crippen molar-refractivity contribution in [2.45, 2.75) is 33.3 Å². The number of nitrogens with zero attached hydrogens (tertiary/aromatic N) is 1. The number of esters is 2. The Morgan fingerprint density at radius 1 is 1.00 bits per heavy atom. The van der Waals surface area contributed by atoms with E-state index in [1.165, 1.54) is 6.21 Å². The van der Waals surface area contributed by atoms with Crippen LogP contribution < -0.4 is 0 Å². The quantitative estimate of drug-likeness (QED) is 0.282. The Hall–Kier alpha value is -3.41. The average Bonchev–Trinajstić information content (AvgIpc) is 2.74. The first kappa shape index (κ1) is 21.9. The molecule has 2 aromatic rings. The van der Waals surface area contributed by atoms with Gasteiger partial charge in [0.05, 0.1) is 17.9 Å². The van der Waals surface area contributed by atoms with E-state index < -0.39 is 5.97 Å². The van der Waals surface area contributed by atoms with Gasteiger partial charge >= 0.3 is 11.9 Å². The molecule has 0 atom stereocenters. The summed E-state index contributed by atoms with van der Waals surface area (Å²) >= 11 is 0. The minimum Gasteiger partial charge on any atom is -0.511 e. The molecule has 152 valence electrons. The van der Waals surface area contributed by atoms with Gasteiger partial charge in [-0.25, -0.2) is 9.59 Å². The van der Waals surface area contributed by atoms with Crippen molar-refractivity contribution in [3.63, 3.8) is 0 Å². The van der Waals surface area contributed by atoms with E-state index in [1.807, 2.05) is 13.0 Å². The zero-order valence-electron chi connectivity index (χ0n) is 16.6. The molecule has 0 spiro atoms. The summed E-state index contributed by atoms with van der Waals surface area (Å²) in [6.07, 6.45) is 2.37.